The van der Waals surface area contributed by atoms with Crippen molar-refractivity contribution in [3.63, 3.8) is 0 Å². The average Bonchev–Trinajstić information content (AvgIpc) is 3.17. The molecule has 0 spiro atoms. The third-order valence-electron chi connectivity index (χ3n) is 7.17. The molecular weight excluding hydrogens is 422 g/mol. The Bertz CT molecular complexity index is 1180. The van der Waals surface area contributed by atoms with E-state index in [0.717, 1.165) is 53.5 Å². The number of rotatable bonds is 5. The molecule has 0 aliphatic carbocycles. The zero-order valence-electron chi connectivity index (χ0n) is 19.5. The van der Waals surface area contributed by atoms with Crippen molar-refractivity contribution in [1.82, 2.24) is 5.32 Å². The average molecular weight is 454 g/mol. The van der Waals surface area contributed by atoms with Gasteiger partial charge >= 0.3 is 0 Å². The second-order valence-electron chi connectivity index (χ2n) is 9.38. The van der Waals surface area contributed by atoms with Gasteiger partial charge in [-0.1, -0.05) is 61.4 Å². The summed E-state index contributed by atoms with van der Waals surface area (Å²) in [5.41, 5.74) is 5.77. The summed E-state index contributed by atoms with van der Waals surface area (Å²) in [5, 5.41) is 3.65. The van der Waals surface area contributed by atoms with E-state index in [2.05, 4.69) is 53.8 Å². The van der Waals surface area contributed by atoms with Crippen LogP contribution in [0.1, 0.15) is 54.9 Å². The van der Waals surface area contributed by atoms with Gasteiger partial charge in [0, 0.05) is 28.3 Å². The Hall–Kier alpha value is -3.24. The molecule has 34 heavy (non-hydrogen) atoms. The molecule has 1 saturated heterocycles. The number of ether oxygens (including phenoxy) is 3. The van der Waals surface area contributed by atoms with Gasteiger partial charge in [-0.15, -0.1) is 0 Å². The van der Waals surface area contributed by atoms with E-state index in [1.165, 1.54) is 36.8 Å². The van der Waals surface area contributed by atoms with E-state index in [-0.39, 0.29) is 6.10 Å². The fraction of sp³-hybridized carbons (Fsp3) is 0.333. The van der Waals surface area contributed by atoms with Gasteiger partial charge in [-0.3, -0.25) is 0 Å². The van der Waals surface area contributed by atoms with Crippen LogP contribution in [-0.4, -0.2) is 25.8 Å². The number of hydrogen-bond acceptors (Lipinski definition) is 4. The van der Waals surface area contributed by atoms with Crippen LogP contribution >= 0.6 is 0 Å². The zero-order chi connectivity index (χ0) is 22.7. The summed E-state index contributed by atoms with van der Waals surface area (Å²) in [7, 11) is 0. The highest BCUT2D eigenvalue weighted by Gasteiger charge is 2.34. The molecule has 2 unspecified atom stereocenters. The van der Waals surface area contributed by atoms with Gasteiger partial charge in [-0.05, 0) is 55.6 Å². The van der Waals surface area contributed by atoms with Crippen molar-refractivity contribution in [2.24, 2.45) is 0 Å². The van der Waals surface area contributed by atoms with Crippen LogP contribution in [0.4, 0.5) is 0 Å². The molecule has 1 fully saturated rings. The molecule has 0 amide bonds. The molecular formula is C30H31NO3. The van der Waals surface area contributed by atoms with Crippen LogP contribution in [0.25, 0.3) is 11.1 Å². The van der Waals surface area contributed by atoms with Gasteiger partial charge in [0.2, 0.25) is 0 Å². The molecule has 3 aromatic carbocycles. The topological polar surface area (TPSA) is 39.7 Å². The first-order valence-corrected chi connectivity index (χ1v) is 12.5. The molecule has 1 N–H and O–H groups in total. The van der Waals surface area contributed by atoms with Crippen LogP contribution in [0, 0.1) is 0 Å². The summed E-state index contributed by atoms with van der Waals surface area (Å²) in [6, 6.07) is 25.5. The van der Waals surface area contributed by atoms with Gasteiger partial charge in [0.25, 0.3) is 0 Å². The fourth-order valence-corrected chi connectivity index (χ4v) is 5.37. The highest BCUT2D eigenvalue weighted by molar-refractivity contribution is 5.99. The number of hydrogen-bond donors (Lipinski definition) is 1. The molecule has 6 rings (SSSR count). The van der Waals surface area contributed by atoms with E-state index < -0.39 is 0 Å². The van der Waals surface area contributed by atoms with Crippen LogP contribution in [0.5, 0.6) is 17.2 Å². The second kappa shape index (κ2) is 9.55. The predicted molar refractivity (Wildman–Crippen MR) is 135 cm³/mol. The predicted octanol–water partition coefficient (Wildman–Crippen LogP) is 6.42. The summed E-state index contributed by atoms with van der Waals surface area (Å²) < 4.78 is 18.8. The number of para-hydroxylation sites is 2. The smallest absolute Gasteiger partial charge is 0.150 e. The molecule has 0 aromatic heterocycles. The van der Waals surface area contributed by atoms with Crippen molar-refractivity contribution in [1.29, 1.82) is 0 Å². The fourth-order valence-electron chi connectivity index (χ4n) is 5.37. The first-order valence-electron chi connectivity index (χ1n) is 12.5. The normalized spacial score (nSPS) is 21.3. The Labute approximate surface area is 201 Å². The molecule has 3 aliphatic heterocycles. The van der Waals surface area contributed by atoms with E-state index in [0.29, 0.717) is 12.6 Å². The monoisotopic (exact) mass is 453 g/mol. The third kappa shape index (κ3) is 4.19. The molecule has 0 saturated carbocycles. The molecule has 0 bridgehead atoms. The minimum Gasteiger partial charge on any atom is -0.494 e. The third-order valence-corrected chi connectivity index (χ3v) is 7.17. The molecule has 4 heteroatoms. The summed E-state index contributed by atoms with van der Waals surface area (Å²) in [6.07, 6.45) is 6.08. The molecule has 3 aliphatic rings. The lowest BCUT2D eigenvalue weighted by Gasteiger charge is -2.35. The highest BCUT2D eigenvalue weighted by atomic mass is 16.5. The van der Waals surface area contributed by atoms with Crippen molar-refractivity contribution in [3.8, 4) is 17.2 Å². The number of benzene rings is 3. The van der Waals surface area contributed by atoms with Crippen molar-refractivity contribution >= 4 is 11.1 Å². The Morgan fingerprint density at radius 1 is 0.824 bits per heavy atom. The van der Waals surface area contributed by atoms with Crippen LogP contribution < -0.4 is 19.5 Å². The Kier molecular flexibility index (Phi) is 5.99. The van der Waals surface area contributed by atoms with Crippen molar-refractivity contribution in [2.45, 2.75) is 44.2 Å². The maximum absolute atomic E-state index is 6.59. The summed E-state index contributed by atoms with van der Waals surface area (Å²) in [6.45, 7) is 2.43. The molecule has 174 valence electrons. The van der Waals surface area contributed by atoms with Crippen LogP contribution in [0.3, 0.4) is 0 Å². The van der Waals surface area contributed by atoms with E-state index >= 15 is 0 Å². The van der Waals surface area contributed by atoms with Crippen molar-refractivity contribution in [3.05, 3.63) is 89.5 Å². The Morgan fingerprint density at radius 3 is 2.50 bits per heavy atom. The van der Waals surface area contributed by atoms with Gasteiger partial charge in [0.15, 0.2) is 6.10 Å². The quantitative estimate of drug-likeness (QED) is 0.484. The van der Waals surface area contributed by atoms with Gasteiger partial charge < -0.3 is 19.5 Å². The lowest BCUT2D eigenvalue weighted by atomic mass is 9.84. The largest absolute Gasteiger partial charge is 0.494 e. The maximum atomic E-state index is 6.59. The van der Waals surface area contributed by atoms with Gasteiger partial charge in [0.1, 0.15) is 23.9 Å². The molecule has 3 heterocycles. The SMILES string of the molecule is c1ccc2c(c1)OC(c1ccc(OCCC3CCCCCN3)cc1)C1=C2COc2ccccc21. The molecule has 3 aromatic rings. The minimum atomic E-state index is -0.181. The molecule has 2 atom stereocenters. The highest BCUT2D eigenvalue weighted by Crippen LogP contribution is 2.50. The van der Waals surface area contributed by atoms with Crippen LogP contribution in [0.15, 0.2) is 72.8 Å². The standard InChI is InChI=1S/C30H31NO3/c1-2-8-22(31-18-7-1)17-19-32-23-15-13-21(14-16-23)30-29-25-10-4-5-11-27(25)33-20-26(29)24-9-3-6-12-28(24)34-30/h3-6,9-16,22,30-31H,1-2,7-8,17-20H2. The summed E-state index contributed by atoms with van der Waals surface area (Å²) >= 11 is 0. The van der Waals surface area contributed by atoms with Crippen LogP contribution in [-0.2, 0) is 0 Å². The minimum absolute atomic E-state index is 0.181. The van der Waals surface area contributed by atoms with Gasteiger partial charge in [0.05, 0.1) is 6.61 Å². The van der Waals surface area contributed by atoms with Gasteiger partial charge in [-0.2, -0.15) is 0 Å². The van der Waals surface area contributed by atoms with E-state index in [1.807, 2.05) is 24.3 Å². The number of nitrogens with one attached hydrogen (secondary N) is 1. The molecule has 0 radical (unpaired) electrons. The Balaban J connectivity index is 1.24. The van der Waals surface area contributed by atoms with Crippen LogP contribution in [0.2, 0.25) is 0 Å². The summed E-state index contributed by atoms with van der Waals surface area (Å²) in [4.78, 5) is 0. The second-order valence-corrected chi connectivity index (χ2v) is 9.38. The van der Waals surface area contributed by atoms with Crippen molar-refractivity contribution in [2.75, 3.05) is 19.8 Å². The number of fused-ring (bicyclic) bond motifs is 4. The summed E-state index contributed by atoms with van der Waals surface area (Å²) in [5.74, 6) is 2.74. The lowest BCUT2D eigenvalue weighted by molar-refractivity contribution is 0.253. The van der Waals surface area contributed by atoms with Gasteiger partial charge in [-0.25, -0.2) is 0 Å². The zero-order valence-corrected chi connectivity index (χ0v) is 19.5. The van der Waals surface area contributed by atoms with E-state index in [1.54, 1.807) is 0 Å². The Morgan fingerprint density at radius 2 is 1.62 bits per heavy atom. The van der Waals surface area contributed by atoms with Crippen molar-refractivity contribution < 1.29 is 14.2 Å². The lowest BCUT2D eigenvalue weighted by Crippen LogP contribution is -2.29. The van der Waals surface area contributed by atoms with E-state index in [4.69, 9.17) is 14.2 Å². The first kappa shape index (κ1) is 21.3. The first-order chi connectivity index (χ1) is 16.9. The maximum Gasteiger partial charge on any atom is 0.150 e. The van der Waals surface area contributed by atoms with E-state index in [9.17, 15) is 0 Å². The molecule has 4 nitrogen and oxygen atoms in total.